The van der Waals surface area contributed by atoms with Gasteiger partial charge in [-0.3, -0.25) is 0 Å². The highest BCUT2D eigenvalue weighted by atomic mass is 28.5. The van der Waals surface area contributed by atoms with Crippen molar-refractivity contribution in [3.05, 3.63) is 48.0 Å². The molecule has 0 aliphatic carbocycles. The van der Waals surface area contributed by atoms with Crippen molar-refractivity contribution in [3.63, 3.8) is 0 Å². The molecule has 41 heavy (non-hydrogen) atoms. The van der Waals surface area contributed by atoms with Crippen molar-refractivity contribution >= 4 is 49.7 Å². The van der Waals surface area contributed by atoms with Gasteiger partial charge in [-0.2, -0.15) is 0 Å². The number of carbonyl (C=O) groups excluding carboxylic acids is 1. The second-order valence-electron chi connectivity index (χ2n) is 11.4. The van der Waals surface area contributed by atoms with Crippen LogP contribution in [-0.4, -0.2) is 56.3 Å². The van der Waals surface area contributed by atoms with Crippen LogP contribution in [0.5, 0.6) is 0 Å². The van der Waals surface area contributed by atoms with Crippen molar-refractivity contribution in [1.29, 1.82) is 0 Å². The summed E-state index contributed by atoms with van der Waals surface area (Å²) < 4.78 is 33.3. The van der Waals surface area contributed by atoms with Crippen LogP contribution in [0.15, 0.2) is 42.5 Å². The van der Waals surface area contributed by atoms with Gasteiger partial charge in [-0.1, -0.05) is 78.5 Å². The lowest BCUT2D eigenvalue weighted by molar-refractivity contribution is -0.138. The van der Waals surface area contributed by atoms with E-state index in [0.717, 1.165) is 61.2 Å². The minimum Gasteiger partial charge on any atom is -0.462 e. The highest BCUT2D eigenvalue weighted by molar-refractivity contribution is 6.86. The van der Waals surface area contributed by atoms with Gasteiger partial charge < -0.3 is 21.2 Å². The molecule has 1 aromatic rings. The number of rotatable bonds is 23. The van der Waals surface area contributed by atoms with Crippen LogP contribution in [0.1, 0.15) is 66.9 Å². The maximum absolute atomic E-state index is 11.9. The van der Waals surface area contributed by atoms with E-state index in [2.05, 4.69) is 91.5 Å². The number of hydrogen-bond acceptors (Lipinski definition) is 6. The van der Waals surface area contributed by atoms with Gasteiger partial charge in [0.1, 0.15) is 0 Å². The minimum atomic E-state index is -2.44. The lowest BCUT2D eigenvalue weighted by Crippen LogP contribution is -2.53. The van der Waals surface area contributed by atoms with Crippen LogP contribution in [0.3, 0.4) is 0 Å². The molecule has 6 nitrogen and oxygen atoms in total. The fourth-order valence-electron chi connectivity index (χ4n) is 4.95. The smallest absolute Gasteiger partial charge is 0.365 e. The van der Waals surface area contributed by atoms with E-state index in [-0.39, 0.29) is 5.97 Å². The number of carbonyl (C=O) groups is 1. The van der Waals surface area contributed by atoms with Crippen LogP contribution in [0, 0.1) is 0 Å². The molecule has 0 fully saturated rings. The molecule has 0 amide bonds. The van der Waals surface area contributed by atoms with E-state index in [0.29, 0.717) is 18.6 Å². The van der Waals surface area contributed by atoms with Gasteiger partial charge in [0.15, 0.2) is 16.6 Å². The first kappa shape index (κ1) is 38.4. The Bertz CT molecular complexity index is 861. The average molecular weight is 655 g/mol. The third-order valence-corrected chi connectivity index (χ3v) is 28.3. The van der Waals surface area contributed by atoms with Crippen LogP contribution in [0.25, 0.3) is 0 Å². The molecule has 1 aromatic carbocycles. The van der Waals surface area contributed by atoms with Crippen LogP contribution >= 0.6 is 0 Å². The molecular formula is C30H58O6Si5. The Morgan fingerprint density at radius 2 is 1.29 bits per heavy atom. The van der Waals surface area contributed by atoms with Gasteiger partial charge in [0, 0.05) is 5.57 Å². The first-order chi connectivity index (χ1) is 19.4. The van der Waals surface area contributed by atoms with Gasteiger partial charge >= 0.3 is 33.1 Å². The number of esters is 1. The Kier molecular flexibility index (Phi) is 18.3. The molecule has 0 spiro atoms. The molecule has 0 aromatic heterocycles. The Labute approximate surface area is 258 Å². The maximum Gasteiger partial charge on any atom is 0.365 e. The van der Waals surface area contributed by atoms with Crippen LogP contribution < -0.4 is 0 Å². The Morgan fingerprint density at radius 3 is 1.80 bits per heavy atom. The third-order valence-electron chi connectivity index (χ3n) is 8.04. The highest BCUT2D eigenvalue weighted by Gasteiger charge is 2.42. The van der Waals surface area contributed by atoms with Crippen molar-refractivity contribution in [2.24, 2.45) is 0 Å². The first-order valence-corrected chi connectivity index (χ1v) is 26.7. The van der Waals surface area contributed by atoms with Crippen LogP contribution in [0.4, 0.5) is 0 Å². The second-order valence-corrected chi connectivity index (χ2v) is 28.9. The zero-order chi connectivity index (χ0) is 30.9. The zero-order valence-corrected chi connectivity index (χ0v) is 32.5. The van der Waals surface area contributed by atoms with Crippen molar-refractivity contribution in [3.8, 4) is 0 Å². The maximum atomic E-state index is 11.9. The minimum absolute atomic E-state index is 0.339. The van der Waals surface area contributed by atoms with Gasteiger partial charge in [0.05, 0.1) is 6.61 Å². The molecule has 1 rings (SSSR count). The topological polar surface area (TPSA) is 63.2 Å². The van der Waals surface area contributed by atoms with E-state index >= 15 is 0 Å². The fraction of sp³-hybridized carbons (Fsp3) is 0.700. The van der Waals surface area contributed by atoms with E-state index in [1.54, 1.807) is 6.92 Å². The van der Waals surface area contributed by atoms with Crippen molar-refractivity contribution in [2.45, 2.75) is 129 Å². The zero-order valence-electron chi connectivity index (χ0n) is 27.5. The molecule has 0 aliphatic rings. The number of benzene rings is 1. The van der Waals surface area contributed by atoms with Crippen molar-refractivity contribution in [1.82, 2.24) is 0 Å². The summed E-state index contributed by atoms with van der Waals surface area (Å²) >= 11 is 0. The molecular weight excluding hydrogens is 597 g/mol. The summed E-state index contributed by atoms with van der Waals surface area (Å²) in [6, 6.07) is 18.8. The molecule has 2 radical (unpaired) electrons. The third kappa shape index (κ3) is 14.1. The highest BCUT2D eigenvalue weighted by Crippen LogP contribution is 2.29. The second kappa shape index (κ2) is 19.6. The average Bonchev–Trinajstić information content (AvgIpc) is 2.96. The van der Waals surface area contributed by atoms with Crippen LogP contribution in [-0.2, 0) is 32.4 Å². The van der Waals surface area contributed by atoms with E-state index < -0.39 is 43.8 Å². The molecule has 0 aliphatic heterocycles. The van der Waals surface area contributed by atoms with Crippen molar-refractivity contribution < 1.29 is 26.0 Å². The summed E-state index contributed by atoms with van der Waals surface area (Å²) in [5.41, 5.74) is 1.76. The summed E-state index contributed by atoms with van der Waals surface area (Å²) in [6.07, 6.45) is 2.71. The normalized spacial score (nSPS) is 12.8. The molecule has 0 atom stereocenters. The lowest BCUT2D eigenvalue weighted by atomic mass is 10.1. The lowest BCUT2D eigenvalue weighted by Gasteiger charge is -2.39. The van der Waals surface area contributed by atoms with Crippen molar-refractivity contribution in [2.75, 3.05) is 6.61 Å². The summed E-state index contributed by atoms with van der Waals surface area (Å²) in [4.78, 5) is 11.9. The molecule has 0 heterocycles. The molecule has 0 saturated carbocycles. The summed E-state index contributed by atoms with van der Waals surface area (Å²) in [5, 5.41) is 0. The van der Waals surface area contributed by atoms with E-state index in [9.17, 15) is 4.79 Å². The molecule has 0 unspecified atom stereocenters. The van der Waals surface area contributed by atoms with Gasteiger partial charge in [-0.15, -0.1) is 0 Å². The Hall–Kier alpha value is -0.646. The SMILES string of the molecule is C=C(C)C(=O)OCCC[Si](O[Si](CCCc1ccccc1)O[Si](C)(C)O[Si](CC)(CC)CC)O[Si](CC)(CC)CC. The monoisotopic (exact) mass is 654 g/mol. The molecule has 234 valence electrons. The Balaban J connectivity index is 3.15. The van der Waals surface area contributed by atoms with E-state index in [1.807, 2.05) is 0 Å². The van der Waals surface area contributed by atoms with Gasteiger partial charge in [0.25, 0.3) is 0 Å². The predicted molar refractivity (Wildman–Crippen MR) is 182 cm³/mol. The molecule has 11 heteroatoms. The van der Waals surface area contributed by atoms with E-state index in [1.165, 1.54) is 5.56 Å². The van der Waals surface area contributed by atoms with Gasteiger partial charge in [-0.25, -0.2) is 4.79 Å². The fourth-order valence-corrected chi connectivity index (χ4v) is 24.9. The summed E-state index contributed by atoms with van der Waals surface area (Å²) in [5.74, 6) is -0.339. The number of aryl methyl sites for hydroxylation is 1. The number of hydrogen-bond donors (Lipinski definition) is 0. The van der Waals surface area contributed by atoms with Crippen LogP contribution in [0.2, 0.25) is 61.4 Å². The summed E-state index contributed by atoms with van der Waals surface area (Å²) in [7, 11) is -9.43. The standard InChI is InChI=1S/C30H58O6Si5/c1-11-40(12-2,13-3)35-38(27-21-25-32-30(31)28(7)8)33-37(26-20-24-29-22-18-17-19-23-29)34-39(9,10)36-41(14-4,15-5)16-6/h17-19,22-23H,7,11-16,20-21,24-27H2,1-6,8-10H3. The predicted octanol–water partition coefficient (Wildman–Crippen LogP) is 8.88. The Morgan fingerprint density at radius 1 is 0.780 bits per heavy atom. The van der Waals surface area contributed by atoms with E-state index in [4.69, 9.17) is 21.2 Å². The van der Waals surface area contributed by atoms with Gasteiger partial charge in [0.2, 0.25) is 0 Å². The quantitative estimate of drug-likeness (QED) is 0.0508. The first-order valence-electron chi connectivity index (χ1n) is 15.8. The summed E-state index contributed by atoms with van der Waals surface area (Å²) in [6.45, 7) is 23.7. The van der Waals surface area contributed by atoms with Gasteiger partial charge in [-0.05, 0) is 93.2 Å². The molecule has 0 saturated heterocycles. The molecule has 0 bridgehead atoms. The largest absolute Gasteiger partial charge is 0.462 e. The number of ether oxygens (including phenoxy) is 1. The molecule has 0 N–H and O–H groups in total.